The molecule has 2 rings (SSSR count). The quantitative estimate of drug-likeness (QED) is 0.535. The van der Waals surface area contributed by atoms with Gasteiger partial charge in [0.25, 0.3) is 0 Å². The molecule has 1 amide bonds. The van der Waals surface area contributed by atoms with Gasteiger partial charge in [-0.15, -0.1) is 11.6 Å². The van der Waals surface area contributed by atoms with Crippen LogP contribution in [-0.4, -0.2) is 28.1 Å². The summed E-state index contributed by atoms with van der Waals surface area (Å²) in [7, 11) is 0. The first-order chi connectivity index (χ1) is 11.6. The van der Waals surface area contributed by atoms with Gasteiger partial charge < -0.3 is 4.74 Å². The zero-order valence-corrected chi connectivity index (χ0v) is 14.8. The van der Waals surface area contributed by atoms with Crippen molar-refractivity contribution < 1.29 is 14.3 Å². The van der Waals surface area contributed by atoms with E-state index in [2.05, 4.69) is 0 Å². The van der Waals surface area contributed by atoms with Crippen LogP contribution in [0.1, 0.15) is 12.5 Å². The van der Waals surface area contributed by atoms with Crippen molar-refractivity contribution in [1.82, 2.24) is 4.31 Å². The highest BCUT2D eigenvalue weighted by molar-refractivity contribution is 7.97. The van der Waals surface area contributed by atoms with Gasteiger partial charge in [-0.25, -0.2) is 9.10 Å². The second-order valence-electron chi connectivity index (χ2n) is 5.05. The summed E-state index contributed by atoms with van der Waals surface area (Å²) in [5.41, 5.74) is 0.881. The Morgan fingerprint density at radius 2 is 1.67 bits per heavy atom. The minimum absolute atomic E-state index is 0.146. The molecule has 0 N–H and O–H groups in total. The topological polar surface area (TPSA) is 46.6 Å². The van der Waals surface area contributed by atoms with E-state index in [9.17, 15) is 9.59 Å². The average Bonchev–Trinajstić information content (AvgIpc) is 2.64. The lowest BCUT2D eigenvalue weighted by Crippen LogP contribution is -2.39. The highest BCUT2D eigenvalue weighted by Crippen LogP contribution is 2.26. The first-order valence-corrected chi connectivity index (χ1v) is 8.74. The first-order valence-electron chi connectivity index (χ1n) is 7.43. The number of ether oxygens (including phenoxy) is 1. The number of hydrogen-bond acceptors (Lipinski definition) is 4. The molecule has 1 atom stereocenters. The van der Waals surface area contributed by atoms with Crippen molar-refractivity contribution in [2.45, 2.75) is 24.5 Å². The summed E-state index contributed by atoms with van der Waals surface area (Å²) in [5, 5.41) is 0. The van der Waals surface area contributed by atoms with Gasteiger partial charge in [-0.1, -0.05) is 48.5 Å². The highest BCUT2D eigenvalue weighted by Gasteiger charge is 2.28. The molecular weight excluding hydrogens is 346 g/mol. The average molecular weight is 364 g/mol. The molecule has 0 spiro atoms. The summed E-state index contributed by atoms with van der Waals surface area (Å²) in [5.74, 6) is -0.393. The molecule has 0 saturated heterocycles. The number of ketones is 1. The van der Waals surface area contributed by atoms with Crippen LogP contribution >= 0.6 is 23.5 Å². The summed E-state index contributed by atoms with van der Waals surface area (Å²) >= 11 is 6.80. The van der Waals surface area contributed by atoms with E-state index in [0.717, 1.165) is 22.4 Å². The Kier molecular flexibility index (Phi) is 7.15. The number of carbonyl (C=O) groups excluding carboxylic acids is 2. The lowest BCUT2D eigenvalue weighted by atomic mass is 10.2. The van der Waals surface area contributed by atoms with Gasteiger partial charge >= 0.3 is 6.09 Å². The molecule has 126 valence electrons. The van der Waals surface area contributed by atoms with E-state index in [1.165, 1.54) is 4.31 Å². The highest BCUT2D eigenvalue weighted by atomic mass is 35.5. The number of halogens is 1. The Morgan fingerprint density at radius 1 is 1.08 bits per heavy atom. The zero-order valence-electron chi connectivity index (χ0n) is 13.2. The molecule has 2 aromatic carbocycles. The van der Waals surface area contributed by atoms with E-state index in [1.807, 2.05) is 60.7 Å². The van der Waals surface area contributed by atoms with Crippen molar-refractivity contribution in [2.75, 3.05) is 5.88 Å². The number of Topliss-reactive ketones (excluding diaryl/α,β-unsaturated/α-hetero) is 1. The van der Waals surface area contributed by atoms with E-state index < -0.39 is 12.1 Å². The van der Waals surface area contributed by atoms with E-state index >= 15 is 0 Å². The second-order valence-corrected chi connectivity index (χ2v) is 6.36. The van der Waals surface area contributed by atoms with E-state index in [-0.39, 0.29) is 18.3 Å². The Morgan fingerprint density at radius 3 is 2.25 bits per heavy atom. The van der Waals surface area contributed by atoms with Crippen LogP contribution in [0, 0.1) is 0 Å². The summed E-state index contributed by atoms with van der Waals surface area (Å²) in [6, 6.07) is 18.0. The fourth-order valence-electron chi connectivity index (χ4n) is 1.89. The molecule has 0 radical (unpaired) electrons. The maximum Gasteiger partial charge on any atom is 0.421 e. The zero-order chi connectivity index (χ0) is 17.4. The lowest BCUT2D eigenvalue weighted by molar-refractivity contribution is -0.119. The molecule has 24 heavy (non-hydrogen) atoms. The smallest absolute Gasteiger partial charge is 0.421 e. The molecule has 0 bridgehead atoms. The SMILES string of the molecule is C[C@@H](C(=O)CCl)N(Sc1ccccc1)C(=O)OCc1ccccc1. The second kappa shape index (κ2) is 9.35. The van der Waals surface area contributed by atoms with Gasteiger partial charge in [0, 0.05) is 4.90 Å². The number of alkyl halides is 1. The molecule has 0 unspecified atom stereocenters. The van der Waals surface area contributed by atoms with Crippen LogP contribution in [0.15, 0.2) is 65.6 Å². The van der Waals surface area contributed by atoms with Gasteiger partial charge in [0.2, 0.25) is 0 Å². The third-order valence-corrected chi connectivity index (χ3v) is 4.69. The molecule has 6 heteroatoms. The van der Waals surface area contributed by atoms with Crippen LogP contribution in [0.2, 0.25) is 0 Å². The summed E-state index contributed by atoms with van der Waals surface area (Å²) in [6.07, 6.45) is -0.571. The van der Waals surface area contributed by atoms with Crippen LogP contribution in [0.25, 0.3) is 0 Å². The molecule has 0 fully saturated rings. The molecule has 0 aromatic heterocycles. The van der Waals surface area contributed by atoms with Gasteiger partial charge in [0.1, 0.15) is 12.6 Å². The fourth-order valence-corrected chi connectivity index (χ4v) is 3.03. The van der Waals surface area contributed by atoms with E-state index in [0.29, 0.717) is 0 Å². The molecule has 0 heterocycles. The Hall–Kier alpha value is -1.98. The van der Waals surface area contributed by atoms with Gasteiger partial charge in [0.05, 0.1) is 5.88 Å². The van der Waals surface area contributed by atoms with Gasteiger partial charge in [-0.3, -0.25) is 4.79 Å². The van der Waals surface area contributed by atoms with Crippen molar-refractivity contribution >= 4 is 35.4 Å². The Balaban J connectivity index is 2.08. The monoisotopic (exact) mass is 363 g/mol. The third-order valence-electron chi connectivity index (χ3n) is 3.28. The number of benzene rings is 2. The van der Waals surface area contributed by atoms with Crippen LogP contribution in [-0.2, 0) is 16.1 Å². The first kappa shape index (κ1) is 18.4. The standard InChI is InChI=1S/C18H18ClNO3S/c1-14(17(21)12-19)20(24-16-10-6-3-7-11-16)18(22)23-13-15-8-4-2-5-9-15/h2-11,14H,12-13H2,1H3/t14-/m0/s1. The van der Waals surface area contributed by atoms with Crippen LogP contribution in [0.4, 0.5) is 4.79 Å². The minimum Gasteiger partial charge on any atom is -0.444 e. The van der Waals surface area contributed by atoms with Crippen LogP contribution < -0.4 is 0 Å². The molecule has 0 aliphatic heterocycles. The van der Waals surface area contributed by atoms with Crippen molar-refractivity contribution in [2.24, 2.45) is 0 Å². The Bertz CT molecular complexity index is 666. The molecular formula is C18H18ClNO3S. The van der Waals surface area contributed by atoms with Crippen molar-refractivity contribution in [3.63, 3.8) is 0 Å². The summed E-state index contributed by atoms with van der Waals surface area (Å²) < 4.78 is 6.67. The summed E-state index contributed by atoms with van der Waals surface area (Å²) in [6.45, 7) is 1.79. The fraction of sp³-hybridized carbons (Fsp3) is 0.222. The number of nitrogens with zero attached hydrogens (tertiary/aromatic N) is 1. The van der Waals surface area contributed by atoms with Gasteiger partial charge in [-0.05, 0) is 36.6 Å². The molecule has 0 saturated carbocycles. The van der Waals surface area contributed by atoms with Crippen molar-refractivity contribution in [1.29, 1.82) is 0 Å². The van der Waals surface area contributed by atoms with E-state index in [4.69, 9.17) is 16.3 Å². The largest absolute Gasteiger partial charge is 0.444 e. The van der Waals surface area contributed by atoms with Crippen LogP contribution in [0.5, 0.6) is 0 Å². The van der Waals surface area contributed by atoms with Crippen molar-refractivity contribution in [3.05, 3.63) is 66.2 Å². The van der Waals surface area contributed by atoms with Crippen LogP contribution in [0.3, 0.4) is 0 Å². The summed E-state index contributed by atoms with van der Waals surface area (Å²) in [4.78, 5) is 25.2. The molecule has 2 aromatic rings. The third kappa shape index (κ3) is 5.28. The van der Waals surface area contributed by atoms with Gasteiger partial charge in [0.15, 0.2) is 5.78 Å². The maximum atomic E-state index is 12.5. The predicted octanol–water partition coefficient (Wildman–Crippen LogP) is 4.53. The number of amides is 1. The number of rotatable bonds is 7. The molecule has 0 aliphatic rings. The number of carbonyl (C=O) groups is 2. The Labute approximate surface area is 150 Å². The molecule has 4 nitrogen and oxygen atoms in total. The molecule has 0 aliphatic carbocycles. The predicted molar refractivity (Wildman–Crippen MR) is 96.0 cm³/mol. The lowest BCUT2D eigenvalue weighted by Gasteiger charge is -2.25. The van der Waals surface area contributed by atoms with Gasteiger partial charge in [-0.2, -0.15) is 0 Å². The van der Waals surface area contributed by atoms with E-state index in [1.54, 1.807) is 6.92 Å². The maximum absolute atomic E-state index is 12.5. The normalized spacial score (nSPS) is 11.6. The number of hydrogen-bond donors (Lipinski definition) is 0. The minimum atomic E-state index is -0.684. The van der Waals surface area contributed by atoms with Crippen molar-refractivity contribution in [3.8, 4) is 0 Å².